The van der Waals surface area contributed by atoms with Crippen LogP contribution in [0, 0.1) is 0 Å². The first-order valence-electron chi connectivity index (χ1n) is 4.47. The second-order valence-electron chi connectivity index (χ2n) is 3.99. The summed E-state index contributed by atoms with van der Waals surface area (Å²) in [6, 6.07) is 0. The summed E-state index contributed by atoms with van der Waals surface area (Å²) in [7, 11) is 1.22. The zero-order chi connectivity index (χ0) is 11.4. The smallest absolute Gasteiger partial charge is 0.469 e. The Balaban J connectivity index is 0. The van der Waals surface area contributed by atoms with Crippen molar-refractivity contribution in [2.75, 3.05) is 7.11 Å². The zero-order valence-corrected chi connectivity index (χ0v) is 12.8. The molecule has 0 heterocycles. The van der Waals surface area contributed by atoms with Crippen LogP contribution in [0.15, 0.2) is 0 Å². The molecule has 0 bridgehead atoms. The Kier molecular flexibility index (Phi) is 8.94. The standard InChI is InChI=1S/C8H15BF3O2.K/c1-8(2,9(10,11)12)6-4-5-7(13)14-3;/h4-6H2,1-3H3;/q-1;+1. The summed E-state index contributed by atoms with van der Waals surface area (Å²) in [6.07, 6.45) is 0.221. The van der Waals surface area contributed by atoms with Gasteiger partial charge in [0.1, 0.15) is 0 Å². The van der Waals surface area contributed by atoms with Crippen molar-refractivity contribution in [2.24, 2.45) is 0 Å². The van der Waals surface area contributed by atoms with Gasteiger partial charge in [0.15, 0.2) is 0 Å². The van der Waals surface area contributed by atoms with Gasteiger partial charge in [-0.15, -0.1) is 0 Å². The molecule has 0 saturated carbocycles. The van der Waals surface area contributed by atoms with E-state index in [1.54, 1.807) is 0 Å². The van der Waals surface area contributed by atoms with E-state index in [2.05, 4.69) is 4.74 Å². The monoisotopic (exact) mass is 250 g/mol. The van der Waals surface area contributed by atoms with Crippen LogP contribution in [0.3, 0.4) is 0 Å². The number of rotatable bonds is 5. The van der Waals surface area contributed by atoms with Gasteiger partial charge in [-0.2, -0.15) is 0 Å². The Morgan fingerprint density at radius 3 is 2.13 bits per heavy atom. The van der Waals surface area contributed by atoms with Crippen LogP contribution in [0.5, 0.6) is 0 Å². The van der Waals surface area contributed by atoms with Crippen molar-refractivity contribution < 1.29 is 73.9 Å². The van der Waals surface area contributed by atoms with Crippen LogP contribution in [-0.4, -0.2) is 20.1 Å². The van der Waals surface area contributed by atoms with Crippen molar-refractivity contribution in [3.8, 4) is 0 Å². The van der Waals surface area contributed by atoms with Gasteiger partial charge in [0.25, 0.3) is 0 Å². The summed E-state index contributed by atoms with van der Waals surface area (Å²) in [4.78, 5) is 10.6. The third-order valence-electron chi connectivity index (χ3n) is 2.32. The Labute approximate surface area is 131 Å². The van der Waals surface area contributed by atoms with E-state index in [0.29, 0.717) is 0 Å². The largest absolute Gasteiger partial charge is 1.00 e. The van der Waals surface area contributed by atoms with Gasteiger partial charge in [-0.1, -0.05) is 25.6 Å². The Morgan fingerprint density at radius 1 is 1.33 bits per heavy atom. The third kappa shape index (κ3) is 6.99. The van der Waals surface area contributed by atoms with E-state index in [1.807, 2.05) is 0 Å². The molecule has 0 aliphatic heterocycles. The maximum Gasteiger partial charge on any atom is 1.00 e. The first-order chi connectivity index (χ1) is 6.20. The molecule has 0 aliphatic carbocycles. The Bertz CT molecular complexity index is 207. The van der Waals surface area contributed by atoms with Crippen LogP contribution in [0.2, 0.25) is 5.31 Å². The van der Waals surface area contributed by atoms with Crippen molar-refractivity contribution in [1.82, 2.24) is 0 Å². The number of hydrogen-bond acceptors (Lipinski definition) is 2. The van der Waals surface area contributed by atoms with Crippen molar-refractivity contribution in [3.63, 3.8) is 0 Å². The molecule has 0 aliphatic rings. The summed E-state index contributed by atoms with van der Waals surface area (Å²) in [6.45, 7) is -2.54. The van der Waals surface area contributed by atoms with E-state index in [9.17, 15) is 17.7 Å². The van der Waals surface area contributed by atoms with E-state index in [1.165, 1.54) is 7.11 Å². The molecule has 0 atom stereocenters. The van der Waals surface area contributed by atoms with Crippen molar-refractivity contribution in [2.45, 2.75) is 38.4 Å². The van der Waals surface area contributed by atoms with Gasteiger partial charge in [-0.05, 0) is 6.42 Å². The Hall–Kier alpha value is 0.961. The maximum absolute atomic E-state index is 12.4. The molecule has 0 rings (SSSR count). The van der Waals surface area contributed by atoms with Gasteiger partial charge in [0.05, 0.1) is 7.11 Å². The number of carbonyl (C=O) groups is 1. The summed E-state index contributed by atoms with van der Waals surface area (Å²) < 4.78 is 41.5. The van der Waals surface area contributed by atoms with Crippen molar-refractivity contribution in [1.29, 1.82) is 0 Å². The fraction of sp³-hybridized carbons (Fsp3) is 0.875. The van der Waals surface area contributed by atoms with Crippen LogP contribution < -0.4 is 51.4 Å². The summed E-state index contributed by atoms with van der Waals surface area (Å²) in [5.41, 5.74) is 0. The van der Waals surface area contributed by atoms with E-state index in [0.717, 1.165) is 13.8 Å². The number of halogens is 3. The number of hydrogen-bond donors (Lipinski definition) is 0. The molecule has 0 unspecified atom stereocenters. The maximum atomic E-state index is 12.4. The van der Waals surface area contributed by atoms with Gasteiger partial charge in [-0.25, -0.2) is 0 Å². The number of methoxy groups -OCH3 is 1. The molecular weight excluding hydrogens is 235 g/mol. The molecule has 0 N–H and O–H groups in total. The van der Waals surface area contributed by atoms with Gasteiger partial charge in [0, 0.05) is 6.42 Å². The molecule has 84 valence electrons. The molecule has 0 aromatic rings. The van der Waals surface area contributed by atoms with Crippen LogP contribution in [0.1, 0.15) is 33.1 Å². The molecule has 0 fully saturated rings. The van der Waals surface area contributed by atoms with E-state index < -0.39 is 18.3 Å². The van der Waals surface area contributed by atoms with Crippen LogP contribution in [-0.2, 0) is 9.53 Å². The average molecular weight is 250 g/mol. The molecule has 0 saturated heterocycles. The van der Waals surface area contributed by atoms with E-state index >= 15 is 0 Å². The molecule has 2 nitrogen and oxygen atoms in total. The summed E-state index contributed by atoms with van der Waals surface area (Å²) >= 11 is 0. The van der Waals surface area contributed by atoms with Crippen molar-refractivity contribution in [3.05, 3.63) is 0 Å². The minimum Gasteiger partial charge on any atom is -0.469 e. The molecule has 7 heteroatoms. The fourth-order valence-electron chi connectivity index (χ4n) is 0.954. The SMILES string of the molecule is COC(=O)CCCC(C)(C)[B-](F)(F)F.[K+]. The van der Waals surface area contributed by atoms with Crippen LogP contribution in [0.25, 0.3) is 0 Å². The van der Waals surface area contributed by atoms with Gasteiger partial charge >= 0.3 is 64.3 Å². The van der Waals surface area contributed by atoms with E-state index in [4.69, 9.17) is 0 Å². The normalized spacial score (nSPS) is 11.9. The summed E-state index contributed by atoms with van der Waals surface area (Å²) in [5.74, 6) is -0.463. The second-order valence-corrected chi connectivity index (χ2v) is 3.99. The molecule has 0 amide bonds. The molecule has 0 spiro atoms. The predicted molar refractivity (Wildman–Crippen MR) is 49.0 cm³/mol. The van der Waals surface area contributed by atoms with Gasteiger partial charge in [-0.3, -0.25) is 4.79 Å². The van der Waals surface area contributed by atoms with Gasteiger partial charge in [0.2, 0.25) is 0 Å². The topological polar surface area (TPSA) is 26.3 Å². The first kappa shape index (κ1) is 18.3. The predicted octanol–water partition coefficient (Wildman–Crippen LogP) is -0.0387. The Morgan fingerprint density at radius 2 is 1.80 bits per heavy atom. The molecule has 0 radical (unpaired) electrons. The minimum absolute atomic E-state index is 0. The molecular formula is C8H15BF3KO2. The molecule has 15 heavy (non-hydrogen) atoms. The van der Waals surface area contributed by atoms with Crippen molar-refractivity contribution >= 4 is 12.9 Å². The fourth-order valence-corrected chi connectivity index (χ4v) is 0.954. The number of esters is 1. The second kappa shape index (κ2) is 7.32. The minimum atomic E-state index is -4.85. The van der Waals surface area contributed by atoms with Crippen LogP contribution >= 0.6 is 0 Å². The first-order valence-corrected chi connectivity index (χ1v) is 4.47. The van der Waals surface area contributed by atoms with Gasteiger partial charge < -0.3 is 17.7 Å². The quantitative estimate of drug-likeness (QED) is 0.505. The molecule has 0 aromatic carbocycles. The average Bonchev–Trinajstić information content (AvgIpc) is 2.01. The third-order valence-corrected chi connectivity index (χ3v) is 2.32. The van der Waals surface area contributed by atoms with Crippen LogP contribution in [0.4, 0.5) is 12.9 Å². The summed E-state index contributed by atoms with van der Waals surface area (Å²) in [5, 5.41) is -1.67. The zero-order valence-electron chi connectivity index (χ0n) is 9.65. The van der Waals surface area contributed by atoms with E-state index in [-0.39, 0.29) is 70.6 Å². The number of ether oxygens (including phenoxy) is 1. The number of carbonyl (C=O) groups excluding carboxylic acids is 1. The molecule has 0 aromatic heterocycles.